The Morgan fingerprint density at radius 3 is 2.41 bits per heavy atom. The molecular weight excluding hydrogens is 402 g/mol. The fourth-order valence-corrected chi connectivity index (χ4v) is 9.30. The first-order chi connectivity index (χ1) is 12.8. The summed E-state index contributed by atoms with van der Waals surface area (Å²) in [5, 5.41) is 22.0. The molecule has 0 aromatic carbocycles. The lowest BCUT2D eigenvalue weighted by Gasteiger charge is -2.61. The van der Waals surface area contributed by atoms with Crippen LogP contribution >= 0.6 is 15.9 Å². The fraction of sp³-hybridized carbons (Fsp3) is 1.00. The topological polar surface area (TPSA) is 43.7 Å². The molecule has 4 aliphatic carbocycles. The van der Waals surface area contributed by atoms with E-state index in [0.717, 1.165) is 30.6 Å². The predicted octanol–water partition coefficient (Wildman–Crippen LogP) is 4.20. The number of likely N-dealkylation sites (tertiary alicyclic amines) is 1. The Balaban J connectivity index is 1.42. The van der Waals surface area contributed by atoms with Gasteiger partial charge in [0.15, 0.2) is 0 Å². The third-order valence-corrected chi connectivity index (χ3v) is 11.2. The standard InChI is InChI=1S/C23H38BrNO2/c1-22-8-7-16-15(6-5-14-11-18(24)20(26)13-23(14,16)2)17(22)12-19(21(22)27)25-9-3-4-10-25/h14-21,26-27H,3-13H2,1-2H3/t14?,15?,16?,17?,18-,19-,20-,21?,22-,23-/m0/s1. The third-order valence-electron chi connectivity index (χ3n) is 10.2. The Morgan fingerprint density at radius 2 is 1.67 bits per heavy atom. The van der Waals surface area contributed by atoms with Crippen LogP contribution in [0.2, 0.25) is 0 Å². The molecule has 0 bridgehead atoms. The summed E-state index contributed by atoms with van der Waals surface area (Å²) in [5.74, 6) is 2.94. The number of alkyl halides is 1. The van der Waals surface area contributed by atoms with Crippen molar-refractivity contribution in [2.45, 2.75) is 94.7 Å². The Bertz CT molecular complexity index is 581. The van der Waals surface area contributed by atoms with Gasteiger partial charge in [-0.3, -0.25) is 4.90 Å². The molecule has 4 heteroatoms. The molecule has 5 aliphatic rings. The summed E-state index contributed by atoms with van der Waals surface area (Å²) in [5.41, 5.74) is 0.410. The first-order valence-electron chi connectivity index (χ1n) is 11.6. The van der Waals surface area contributed by atoms with Crippen LogP contribution in [0.4, 0.5) is 0 Å². The highest BCUT2D eigenvalue weighted by Gasteiger charge is 2.63. The van der Waals surface area contributed by atoms with Crippen LogP contribution in [0.15, 0.2) is 0 Å². The first-order valence-corrected chi connectivity index (χ1v) is 12.5. The zero-order chi connectivity index (χ0) is 19.0. The van der Waals surface area contributed by atoms with E-state index in [9.17, 15) is 10.2 Å². The summed E-state index contributed by atoms with van der Waals surface area (Å²) in [6, 6.07) is 0.399. The summed E-state index contributed by atoms with van der Waals surface area (Å²) >= 11 is 3.75. The maximum absolute atomic E-state index is 11.4. The molecule has 4 saturated carbocycles. The molecular formula is C23H38BrNO2. The molecule has 5 fully saturated rings. The molecule has 5 unspecified atom stereocenters. The molecule has 0 aromatic heterocycles. The molecule has 154 valence electrons. The van der Waals surface area contributed by atoms with Crippen molar-refractivity contribution < 1.29 is 10.2 Å². The minimum Gasteiger partial charge on any atom is -0.392 e. The Labute approximate surface area is 173 Å². The van der Waals surface area contributed by atoms with Gasteiger partial charge < -0.3 is 10.2 Å². The largest absolute Gasteiger partial charge is 0.392 e. The number of nitrogens with zero attached hydrogens (tertiary/aromatic N) is 1. The zero-order valence-electron chi connectivity index (χ0n) is 17.1. The van der Waals surface area contributed by atoms with Crippen molar-refractivity contribution in [2.24, 2.45) is 34.5 Å². The minimum absolute atomic E-state index is 0.114. The van der Waals surface area contributed by atoms with Crippen molar-refractivity contribution in [3.8, 4) is 0 Å². The molecule has 0 aromatic rings. The molecule has 1 heterocycles. The van der Waals surface area contributed by atoms with Gasteiger partial charge in [-0.2, -0.15) is 0 Å². The fourth-order valence-electron chi connectivity index (χ4n) is 8.66. The smallest absolute Gasteiger partial charge is 0.0751 e. The Hall–Kier alpha value is 0.360. The number of rotatable bonds is 1. The Morgan fingerprint density at radius 1 is 0.926 bits per heavy atom. The van der Waals surface area contributed by atoms with Gasteiger partial charge in [0.1, 0.15) is 0 Å². The highest BCUT2D eigenvalue weighted by molar-refractivity contribution is 9.09. The van der Waals surface area contributed by atoms with Crippen molar-refractivity contribution in [1.29, 1.82) is 0 Å². The summed E-state index contributed by atoms with van der Waals surface area (Å²) in [7, 11) is 0. The van der Waals surface area contributed by atoms with Crippen LogP contribution in [0.25, 0.3) is 0 Å². The molecule has 1 aliphatic heterocycles. The van der Waals surface area contributed by atoms with Crippen molar-refractivity contribution >= 4 is 15.9 Å². The minimum atomic E-state index is -0.190. The maximum atomic E-state index is 11.4. The van der Waals surface area contributed by atoms with Crippen LogP contribution < -0.4 is 0 Å². The van der Waals surface area contributed by atoms with E-state index < -0.39 is 0 Å². The van der Waals surface area contributed by atoms with Crippen LogP contribution in [0.1, 0.15) is 71.6 Å². The van der Waals surface area contributed by atoms with E-state index in [4.69, 9.17) is 0 Å². The summed E-state index contributed by atoms with van der Waals surface area (Å²) < 4.78 is 0. The third kappa shape index (κ3) is 2.75. The van der Waals surface area contributed by atoms with Crippen LogP contribution in [0.3, 0.4) is 0 Å². The quantitative estimate of drug-likeness (QED) is 0.601. The van der Waals surface area contributed by atoms with Gasteiger partial charge >= 0.3 is 0 Å². The second kappa shape index (κ2) is 6.68. The van der Waals surface area contributed by atoms with E-state index in [1.807, 2.05) is 0 Å². The molecule has 5 rings (SSSR count). The van der Waals surface area contributed by atoms with Crippen molar-refractivity contribution in [1.82, 2.24) is 4.90 Å². The molecule has 0 amide bonds. The summed E-state index contributed by atoms with van der Waals surface area (Å²) in [6.07, 6.45) is 10.7. The van der Waals surface area contributed by atoms with Crippen molar-refractivity contribution in [3.63, 3.8) is 0 Å². The van der Waals surface area contributed by atoms with Crippen LogP contribution in [0, 0.1) is 34.5 Å². The zero-order valence-corrected chi connectivity index (χ0v) is 18.7. The van der Waals surface area contributed by atoms with E-state index in [1.54, 1.807) is 0 Å². The molecule has 1 saturated heterocycles. The number of hydrogen-bond donors (Lipinski definition) is 2. The SMILES string of the molecule is C[C@]12C[C@H](O)[C@@H](Br)CC1CCC1C2CC[C@@]2(C)C1C[C@H](N1CCCC1)C2O. The van der Waals surface area contributed by atoms with Crippen LogP contribution in [-0.4, -0.2) is 51.3 Å². The number of halogens is 1. The number of aliphatic hydroxyl groups is 2. The van der Waals surface area contributed by atoms with Crippen molar-refractivity contribution in [2.75, 3.05) is 13.1 Å². The first kappa shape index (κ1) is 19.3. The van der Waals surface area contributed by atoms with E-state index in [-0.39, 0.29) is 22.5 Å². The second-order valence-electron chi connectivity index (χ2n) is 11.2. The number of aliphatic hydroxyl groups excluding tert-OH is 2. The molecule has 10 atom stereocenters. The van der Waals surface area contributed by atoms with Gasteiger partial charge in [0, 0.05) is 10.9 Å². The van der Waals surface area contributed by atoms with E-state index >= 15 is 0 Å². The van der Waals surface area contributed by atoms with Crippen LogP contribution in [0.5, 0.6) is 0 Å². The molecule has 27 heavy (non-hydrogen) atoms. The van der Waals surface area contributed by atoms with Gasteiger partial charge in [0.2, 0.25) is 0 Å². The van der Waals surface area contributed by atoms with Crippen molar-refractivity contribution in [3.05, 3.63) is 0 Å². The van der Waals surface area contributed by atoms with Gasteiger partial charge in [-0.05, 0) is 105 Å². The second-order valence-corrected chi connectivity index (χ2v) is 12.4. The van der Waals surface area contributed by atoms with Gasteiger partial charge in [0.05, 0.1) is 12.2 Å². The molecule has 0 spiro atoms. The van der Waals surface area contributed by atoms with E-state index in [1.165, 1.54) is 58.0 Å². The van der Waals surface area contributed by atoms with Gasteiger partial charge in [-0.15, -0.1) is 0 Å². The Kier molecular flexibility index (Phi) is 4.79. The number of hydrogen-bond acceptors (Lipinski definition) is 3. The average Bonchev–Trinajstić information content (AvgIpc) is 3.24. The molecule has 0 radical (unpaired) electrons. The lowest BCUT2D eigenvalue weighted by Crippen LogP contribution is -2.56. The van der Waals surface area contributed by atoms with E-state index in [0.29, 0.717) is 17.4 Å². The maximum Gasteiger partial charge on any atom is 0.0751 e. The van der Waals surface area contributed by atoms with E-state index in [2.05, 4.69) is 34.7 Å². The predicted molar refractivity (Wildman–Crippen MR) is 112 cm³/mol. The lowest BCUT2D eigenvalue weighted by molar-refractivity contribution is -0.136. The van der Waals surface area contributed by atoms with Crippen LogP contribution in [-0.2, 0) is 0 Å². The summed E-state index contributed by atoms with van der Waals surface area (Å²) in [4.78, 5) is 2.89. The monoisotopic (exact) mass is 439 g/mol. The number of fused-ring (bicyclic) bond motifs is 5. The highest BCUT2D eigenvalue weighted by atomic mass is 79.9. The lowest BCUT2D eigenvalue weighted by atomic mass is 9.45. The normalized spacial score (nSPS) is 58.6. The molecule has 3 nitrogen and oxygen atoms in total. The van der Waals surface area contributed by atoms with Gasteiger partial charge in [0.25, 0.3) is 0 Å². The highest BCUT2D eigenvalue weighted by Crippen LogP contribution is 2.66. The van der Waals surface area contributed by atoms with Gasteiger partial charge in [-0.1, -0.05) is 29.8 Å². The molecule has 2 N–H and O–H groups in total. The summed E-state index contributed by atoms with van der Waals surface area (Å²) in [6.45, 7) is 7.30. The van der Waals surface area contributed by atoms with Gasteiger partial charge in [-0.25, -0.2) is 0 Å². The average molecular weight is 440 g/mol.